The molecule has 0 amide bonds. The zero-order valence-corrected chi connectivity index (χ0v) is 11.5. The normalized spacial score (nSPS) is 11.4. The minimum atomic E-state index is -4.24. The maximum atomic E-state index is 13.6. The molecule has 8 heteroatoms. The Balaban J connectivity index is 2.35. The number of aliphatic hydroxyl groups is 1. The van der Waals surface area contributed by atoms with Crippen LogP contribution in [-0.4, -0.2) is 13.5 Å². The Bertz CT molecular complexity index is 762. The molecule has 4 N–H and O–H groups in total. The summed E-state index contributed by atoms with van der Waals surface area (Å²) >= 11 is 0. The molecule has 112 valence electrons. The Morgan fingerprint density at radius 3 is 2.29 bits per heavy atom. The number of sulfonamides is 1. The lowest BCUT2D eigenvalue weighted by molar-refractivity contribution is 0.282. The maximum Gasteiger partial charge on any atom is 0.264 e. The largest absolute Gasteiger partial charge is 0.396 e. The van der Waals surface area contributed by atoms with Gasteiger partial charge >= 0.3 is 0 Å². The van der Waals surface area contributed by atoms with Crippen LogP contribution < -0.4 is 10.5 Å². The molecule has 0 atom stereocenters. The van der Waals surface area contributed by atoms with Gasteiger partial charge in [0, 0.05) is 11.8 Å². The zero-order valence-electron chi connectivity index (χ0n) is 10.7. The molecule has 0 heterocycles. The number of rotatable bonds is 4. The monoisotopic (exact) mass is 314 g/mol. The van der Waals surface area contributed by atoms with Crippen molar-refractivity contribution in [1.29, 1.82) is 0 Å². The molecule has 0 fully saturated rings. The molecule has 5 nitrogen and oxygen atoms in total. The summed E-state index contributed by atoms with van der Waals surface area (Å²) in [6.07, 6.45) is 0. The highest BCUT2D eigenvalue weighted by Gasteiger charge is 2.21. The van der Waals surface area contributed by atoms with Gasteiger partial charge in [-0.2, -0.15) is 0 Å². The lowest BCUT2D eigenvalue weighted by atomic mass is 10.2. The quantitative estimate of drug-likeness (QED) is 0.751. The van der Waals surface area contributed by atoms with Crippen LogP contribution >= 0.6 is 0 Å². The number of aliphatic hydroxyl groups excluding tert-OH is 1. The molecule has 0 spiro atoms. The Kier molecular flexibility index (Phi) is 4.10. The Morgan fingerprint density at radius 1 is 1.10 bits per heavy atom. The number of nitrogen functional groups attached to an aromatic ring is 1. The summed E-state index contributed by atoms with van der Waals surface area (Å²) in [6, 6.07) is 6.97. The molecule has 2 aromatic carbocycles. The summed E-state index contributed by atoms with van der Waals surface area (Å²) in [5.74, 6) is -2.26. The van der Waals surface area contributed by atoms with Crippen molar-refractivity contribution in [1.82, 2.24) is 0 Å². The summed E-state index contributed by atoms with van der Waals surface area (Å²) in [6.45, 7) is -0.184. The number of hydrogen-bond acceptors (Lipinski definition) is 4. The second kappa shape index (κ2) is 5.66. The van der Waals surface area contributed by atoms with Gasteiger partial charge in [-0.05, 0) is 23.8 Å². The van der Waals surface area contributed by atoms with Crippen molar-refractivity contribution in [2.24, 2.45) is 0 Å². The number of hydrogen-bond donors (Lipinski definition) is 3. The highest BCUT2D eigenvalue weighted by Crippen LogP contribution is 2.23. The van der Waals surface area contributed by atoms with Crippen LogP contribution in [0.1, 0.15) is 5.56 Å². The van der Waals surface area contributed by atoms with E-state index >= 15 is 0 Å². The molecule has 0 aliphatic rings. The molecule has 2 rings (SSSR count). The van der Waals surface area contributed by atoms with Crippen LogP contribution in [0.5, 0.6) is 0 Å². The zero-order chi connectivity index (χ0) is 15.6. The van der Waals surface area contributed by atoms with Gasteiger partial charge in [-0.3, -0.25) is 4.72 Å². The molecule has 0 radical (unpaired) electrons. The van der Waals surface area contributed by atoms with Gasteiger partial charge in [-0.25, -0.2) is 17.2 Å². The SMILES string of the molecule is Nc1cc(S(=O)(=O)Nc2ccc(CO)cc2)c(F)cc1F. The third kappa shape index (κ3) is 3.29. The van der Waals surface area contributed by atoms with E-state index in [9.17, 15) is 17.2 Å². The predicted molar refractivity (Wildman–Crippen MR) is 73.9 cm³/mol. The van der Waals surface area contributed by atoms with Crippen LogP contribution in [0.2, 0.25) is 0 Å². The van der Waals surface area contributed by atoms with Crippen molar-refractivity contribution >= 4 is 21.4 Å². The number of nitrogens with two attached hydrogens (primary N) is 1. The van der Waals surface area contributed by atoms with E-state index in [1.165, 1.54) is 24.3 Å². The fourth-order valence-electron chi connectivity index (χ4n) is 1.64. The predicted octanol–water partition coefficient (Wildman–Crippen LogP) is 1.84. The van der Waals surface area contributed by atoms with Gasteiger partial charge in [0.2, 0.25) is 0 Å². The molecule has 21 heavy (non-hydrogen) atoms. The van der Waals surface area contributed by atoms with Crippen molar-refractivity contribution in [3.05, 3.63) is 53.6 Å². The summed E-state index contributed by atoms with van der Waals surface area (Å²) in [5.41, 5.74) is 5.56. The average Bonchev–Trinajstić information content (AvgIpc) is 2.43. The van der Waals surface area contributed by atoms with Crippen LogP contribution in [0.4, 0.5) is 20.2 Å². The van der Waals surface area contributed by atoms with E-state index in [1.807, 2.05) is 0 Å². The van der Waals surface area contributed by atoms with Gasteiger partial charge < -0.3 is 10.8 Å². The van der Waals surface area contributed by atoms with Crippen LogP contribution in [0.15, 0.2) is 41.3 Å². The molecular weight excluding hydrogens is 302 g/mol. The van der Waals surface area contributed by atoms with Crippen molar-refractivity contribution in [2.45, 2.75) is 11.5 Å². The van der Waals surface area contributed by atoms with Crippen LogP contribution in [0.3, 0.4) is 0 Å². The van der Waals surface area contributed by atoms with Gasteiger partial charge in [0.05, 0.1) is 12.3 Å². The van der Waals surface area contributed by atoms with Gasteiger partial charge in [0.15, 0.2) is 0 Å². The van der Waals surface area contributed by atoms with Crippen LogP contribution in [-0.2, 0) is 16.6 Å². The van der Waals surface area contributed by atoms with E-state index in [1.54, 1.807) is 0 Å². The Hall–Kier alpha value is -2.19. The van der Waals surface area contributed by atoms with Crippen LogP contribution in [0.25, 0.3) is 0 Å². The number of halogens is 2. The summed E-state index contributed by atoms with van der Waals surface area (Å²) in [5, 5.41) is 8.89. The van der Waals surface area contributed by atoms with Crippen molar-refractivity contribution in [2.75, 3.05) is 10.5 Å². The van der Waals surface area contributed by atoms with E-state index in [4.69, 9.17) is 10.8 Å². The molecule has 0 saturated carbocycles. The first kappa shape index (κ1) is 15.2. The van der Waals surface area contributed by atoms with Crippen molar-refractivity contribution < 1.29 is 22.3 Å². The third-order valence-electron chi connectivity index (χ3n) is 2.73. The minimum absolute atomic E-state index is 0.175. The maximum absolute atomic E-state index is 13.6. The minimum Gasteiger partial charge on any atom is -0.396 e. The Morgan fingerprint density at radius 2 is 1.71 bits per heavy atom. The van der Waals surface area contributed by atoms with E-state index in [0.717, 1.165) is 6.07 Å². The van der Waals surface area contributed by atoms with Gasteiger partial charge in [-0.1, -0.05) is 12.1 Å². The van der Waals surface area contributed by atoms with Gasteiger partial charge in [0.25, 0.3) is 10.0 Å². The standard InChI is InChI=1S/C13H12F2N2O3S/c14-10-5-11(15)13(6-12(10)16)21(19,20)17-9-3-1-8(7-18)2-4-9/h1-6,17-18H,7,16H2. The third-order valence-corrected chi connectivity index (χ3v) is 4.13. The van der Waals surface area contributed by atoms with Crippen molar-refractivity contribution in [3.8, 4) is 0 Å². The van der Waals surface area contributed by atoms with Gasteiger partial charge in [-0.15, -0.1) is 0 Å². The summed E-state index contributed by atoms with van der Waals surface area (Å²) in [7, 11) is -4.24. The lowest BCUT2D eigenvalue weighted by Crippen LogP contribution is -2.15. The number of nitrogens with one attached hydrogen (secondary N) is 1. The second-order valence-corrected chi connectivity index (χ2v) is 5.92. The van der Waals surface area contributed by atoms with E-state index in [0.29, 0.717) is 11.6 Å². The topological polar surface area (TPSA) is 92.4 Å². The number of benzene rings is 2. The molecule has 0 unspecified atom stereocenters. The first-order valence-corrected chi connectivity index (χ1v) is 7.29. The lowest BCUT2D eigenvalue weighted by Gasteiger charge is -2.10. The molecular formula is C13H12F2N2O3S. The van der Waals surface area contributed by atoms with E-state index < -0.39 is 32.2 Å². The molecule has 0 bridgehead atoms. The molecule has 2 aromatic rings. The fraction of sp³-hybridized carbons (Fsp3) is 0.0769. The first-order valence-electron chi connectivity index (χ1n) is 5.80. The van der Waals surface area contributed by atoms with E-state index in [-0.39, 0.29) is 12.3 Å². The fourth-order valence-corrected chi connectivity index (χ4v) is 2.79. The number of anilines is 2. The molecule has 0 aliphatic heterocycles. The molecule has 0 aliphatic carbocycles. The van der Waals surface area contributed by atoms with Crippen molar-refractivity contribution in [3.63, 3.8) is 0 Å². The Labute approximate surface area is 120 Å². The summed E-state index contributed by atoms with van der Waals surface area (Å²) in [4.78, 5) is -0.743. The second-order valence-electron chi connectivity index (χ2n) is 4.26. The van der Waals surface area contributed by atoms with Gasteiger partial charge in [0.1, 0.15) is 16.5 Å². The first-order chi connectivity index (χ1) is 9.83. The smallest absolute Gasteiger partial charge is 0.264 e. The van der Waals surface area contributed by atoms with E-state index in [2.05, 4.69) is 4.72 Å². The average molecular weight is 314 g/mol. The summed E-state index contributed by atoms with van der Waals surface area (Å²) < 4.78 is 52.9. The van der Waals surface area contributed by atoms with Crippen LogP contribution in [0, 0.1) is 11.6 Å². The highest BCUT2D eigenvalue weighted by molar-refractivity contribution is 7.92. The molecule has 0 saturated heterocycles. The molecule has 0 aromatic heterocycles. The highest BCUT2D eigenvalue weighted by atomic mass is 32.2.